The van der Waals surface area contributed by atoms with Crippen LogP contribution in [-0.2, 0) is 0 Å². The van der Waals surface area contributed by atoms with E-state index in [1.54, 1.807) is 0 Å². The third-order valence-corrected chi connectivity index (χ3v) is 15.3. The lowest BCUT2D eigenvalue weighted by atomic mass is 10.0. The fourth-order valence-electron chi connectivity index (χ4n) is 11.8. The summed E-state index contributed by atoms with van der Waals surface area (Å²) in [6.07, 6.45) is 0. The van der Waals surface area contributed by atoms with Crippen LogP contribution >= 0.6 is 0 Å². The van der Waals surface area contributed by atoms with Crippen LogP contribution in [-0.4, -0.2) is 24.1 Å². The lowest BCUT2D eigenvalue weighted by Crippen LogP contribution is -2.01. The summed E-state index contributed by atoms with van der Waals surface area (Å²) in [5.41, 5.74) is 13.0. The van der Waals surface area contributed by atoms with Crippen molar-refractivity contribution >= 4 is 97.9 Å². The van der Waals surface area contributed by atoms with Gasteiger partial charge in [-0.2, -0.15) is 0 Å². The van der Waals surface area contributed by atoms with Crippen LogP contribution in [0.4, 0.5) is 0 Å². The SMILES string of the molecule is c1ccc(-c2cccc(-c3nc(-c4ccc5c6ccccc6n(-c6ccccc6)c5c4)nc(-c4cccc5c4oc4ccc6ccc(-n7c8cc9ccccc9cc8c8ccc9ccccc9c87)cc6c45)n3)c2)cc1. The second-order valence-corrected chi connectivity index (χ2v) is 19.5. The highest BCUT2D eigenvalue weighted by Crippen LogP contribution is 2.43. The minimum Gasteiger partial charge on any atom is -0.455 e. The topological polar surface area (TPSA) is 61.7 Å². The number of furan rings is 1. The molecular formula is C69H41N5O. The molecule has 75 heavy (non-hydrogen) atoms. The van der Waals surface area contributed by atoms with E-state index >= 15 is 0 Å². The van der Waals surface area contributed by atoms with Gasteiger partial charge in [0.05, 0.1) is 27.6 Å². The Kier molecular flexibility index (Phi) is 8.94. The summed E-state index contributed by atoms with van der Waals surface area (Å²) in [5.74, 6) is 1.68. The first-order valence-electron chi connectivity index (χ1n) is 25.4. The Bertz CT molecular complexity index is 5010. The summed E-state index contributed by atoms with van der Waals surface area (Å²) >= 11 is 0. The average molecular weight is 956 g/mol. The monoisotopic (exact) mass is 955 g/mol. The molecule has 0 N–H and O–H groups in total. The van der Waals surface area contributed by atoms with Crippen LogP contribution in [0.5, 0.6) is 0 Å². The van der Waals surface area contributed by atoms with E-state index in [0.29, 0.717) is 17.5 Å². The Labute approximate surface area is 429 Å². The lowest BCUT2D eigenvalue weighted by Gasteiger charge is -2.12. The molecule has 4 heterocycles. The minimum atomic E-state index is 0.530. The zero-order valence-electron chi connectivity index (χ0n) is 40.3. The maximum absolute atomic E-state index is 7.04. The highest BCUT2D eigenvalue weighted by Gasteiger charge is 2.22. The molecule has 0 atom stereocenters. The number of fused-ring (bicyclic) bond motifs is 14. The van der Waals surface area contributed by atoms with Gasteiger partial charge in [-0.25, -0.2) is 15.0 Å². The van der Waals surface area contributed by atoms with Crippen LogP contribution < -0.4 is 0 Å². The first kappa shape index (κ1) is 41.4. The molecule has 16 aromatic rings. The molecule has 0 bridgehead atoms. The lowest BCUT2D eigenvalue weighted by molar-refractivity contribution is 0.670. The van der Waals surface area contributed by atoms with Gasteiger partial charge in [-0.3, -0.25) is 0 Å². The Morgan fingerprint density at radius 1 is 0.293 bits per heavy atom. The fourth-order valence-corrected chi connectivity index (χ4v) is 11.8. The summed E-state index contributed by atoms with van der Waals surface area (Å²) in [7, 11) is 0. The van der Waals surface area contributed by atoms with E-state index < -0.39 is 0 Å². The normalized spacial score (nSPS) is 12.0. The van der Waals surface area contributed by atoms with Crippen LogP contribution in [0.15, 0.2) is 253 Å². The van der Waals surface area contributed by atoms with Crippen molar-refractivity contribution in [1.82, 2.24) is 24.1 Å². The standard InChI is InChI=1S/C69H41N5O/c1-3-15-42(16-4-1)45-20-13-21-48(37-45)67-70-68(49-31-34-54-53-25-11-12-28-60(53)73(61(54)40-49)50-22-5-2-6-23-50)72-69(71-67)57-27-14-26-56-64-58-41-51(33-29-44(58)32-36-63(64)75-66(56)57)74-62-39-47-19-8-7-18-46(47)38-59(62)55-35-30-43-17-9-10-24-52(43)65(55)74/h1-41H. The number of para-hydroxylation sites is 3. The van der Waals surface area contributed by atoms with E-state index in [1.807, 2.05) is 6.07 Å². The second kappa shape index (κ2) is 16.2. The Hall–Kier alpha value is -10.2. The van der Waals surface area contributed by atoms with Gasteiger partial charge in [0.15, 0.2) is 17.5 Å². The Morgan fingerprint density at radius 2 is 0.893 bits per heavy atom. The van der Waals surface area contributed by atoms with E-state index in [-0.39, 0.29) is 0 Å². The smallest absolute Gasteiger partial charge is 0.167 e. The third-order valence-electron chi connectivity index (χ3n) is 15.3. The van der Waals surface area contributed by atoms with Gasteiger partial charge < -0.3 is 13.6 Å². The van der Waals surface area contributed by atoms with Crippen molar-refractivity contribution in [3.05, 3.63) is 249 Å². The molecule has 0 amide bonds. The Balaban J connectivity index is 0.918. The summed E-state index contributed by atoms with van der Waals surface area (Å²) in [5, 5.41) is 13.9. The van der Waals surface area contributed by atoms with Crippen molar-refractivity contribution in [1.29, 1.82) is 0 Å². The molecule has 0 aliphatic rings. The first-order valence-corrected chi connectivity index (χ1v) is 25.4. The first-order chi connectivity index (χ1) is 37.2. The predicted molar refractivity (Wildman–Crippen MR) is 310 cm³/mol. The van der Waals surface area contributed by atoms with Crippen LogP contribution in [0, 0.1) is 0 Å². The molecular weight excluding hydrogens is 915 g/mol. The summed E-state index contributed by atoms with van der Waals surface area (Å²) in [4.78, 5) is 16.0. The highest BCUT2D eigenvalue weighted by molar-refractivity contribution is 6.23. The number of hydrogen-bond acceptors (Lipinski definition) is 4. The van der Waals surface area contributed by atoms with Gasteiger partial charge in [-0.15, -0.1) is 0 Å². The highest BCUT2D eigenvalue weighted by atomic mass is 16.3. The summed E-state index contributed by atoms with van der Waals surface area (Å²) < 4.78 is 11.8. The van der Waals surface area contributed by atoms with E-state index in [0.717, 1.165) is 88.3 Å². The van der Waals surface area contributed by atoms with Gasteiger partial charge in [0, 0.05) is 60.2 Å². The van der Waals surface area contributed by atoms with Crippen molar-refractivity contribution in [3.8, 4) is 56.7 Å². The molecule has 0 fully saturated rings. The van der Waals surface area contributed by atoms with E-state index in [1.165, 1.54) is 48.7 Å². The number of nitrogens with zero attached hydrogens (tertiary/aromatic N) is 5. The van der Waals surface area contributed by atoms with Crippen LogP contribution in [0.3, 0.4) is 0 Å². The van der Waals surface area contributed by atoms with E-state index in [9.17, 15) is 0 Å². The molecule has 348 valence electrons. The van der Waals surface area contributed by atoms with Gasteiger partial charge in [0.2, 0.25) is 0 Å². The molecule has 0 spiro atoms. The number of rotatable bonds is 6. The molecule has 16 rings (SSSR count). The number of benzene rings is 12. The van der Waals surface area contributed by atoms with Crippen LogP contribution in [0.2, 0.25) is 0 Å². The van der Waals surface area contributed by atoms with E-state index in [4.69, 9.17) is 19.4 Å². The van der Waals surface area contributed by atoms with Crippen molar-refractivity contribution < 1.29 is 4.42 Å². The molecule has 4 aromatic heterocycles. The molecule has 0 aliphatic heterocycles. The maximum Gasteiger partial charge on any atom is 0.167 e. The number of aromatic nitrogens is 5. The van der Waals surface area contributed by atoms with Crippen molar-refractivity contribution in [2.75, 3.05) is 0 Å². The summed E-state index contributed by atoms with van der Waals surface area (Å²) in [6.45, 7) is 0. The zero-order chi connectivity index (χ0) is 49.1. The molecule has 0 saturated heterocycles. The second-order valence-electron chi connectivity index (χ2n) is 19.5. The third kappa shape index (κ3) is 6.43. The molecule has 0 saturated carbocycles. The molecule has 6 heteroatoms. The largest absolute Gasteiger partial charge is 0.455 e. The van der Waals surface area contributed by atoms with Crippen molar-refractivity contribution in [2.45, 2.75) is 0 Å². The summed E-state index contributed by atoms with van der Waals surface area (Å²) in [6, 6.07) is 88.7. The Morgan fingerprint density at radius 3 is 1.75 bits per heavy atom. The van der Waals surface area contributed by atoms with Crippen LogP contribution in [0.1, 0.15) is 0 Å². The van der Waals surface area contributed by atoms with Gasteiger partial charge in [-0.1, -0.05) is 182 Å². The van der Waals surface area contributed by atoms with Crippen molar-refractivity contribution in [2.24, 2.45) is 0 Å². The van der Waals surface area contributed by atoms with Gasteiger partial charge in [-0.05, 0) is 105 Å². The van der Waals surface area contributed by atoms with Gasteiger partial charge in [0.25, 0.3) is 0 Å². The number of hydrogen-bond donors (Lipinski definition) is 0. The van der Waals surface area contributed by atoms with Crippen molar-refractivity contribution in [3.63, 3.8) is 0 Å². The fraction of sp³-hybridized carbons (Fsp3) is 0. The quantitative estimate of drug-likeness (QED) is 0.167. The molecule has 12 aromatic carbocycles. The van der Waals surface area contributed by atoms with Gasteiger partial charge in [0.1, 0.15) is 11.2 Å². The maximum atomic E-state index is 7.04. The molecule has 0 radical (unpaired) electrons. The molecule has 0 aliphatic carbocycles. The zero-order valence-corrected chi connectivity index (χ0v) is 40.3. The molecule has 0 unspecified atom stereocenters. The molecule has 6 nitrogen and oxygen atoms in total. The van der Waals surface area contributed by atoms with E-state index in [2.05, 4.69) is 252 Å². The predicted octanol–water partition coefficient (Wildman–Crippen LogP) is 18.1. The minimum absolute atomic E-state index is 0.530. The van der Waals surface area contributed by atoms with Crippen LogP contribution in [0.25, 0.3) is 155 Å². The van der Waals surface area contributed by atoms with Gasteiger partial charge >= 0.3 is 0 Å². The average Bonchev–Trinajstić information content (AvgIpc) is 4.21.